The number of benzene rings is 2. The summed E-state index contributed by atoms with van der Waals surface area (Å²) in [5, 5.41) is 9.65. The number of sulfonamides is 1. The van der Waals surface area contributed by atoms with Crippen molar-refractivity contribution in [2.75, 3.05) is 4.72 Å². The zero-order chi connectivity index (χ0) is 14.9. The van der Waals surface area contributed by atoms with E-state index in [1.165, 1.54) is 12.1 Å². The third-order valence-electron chi connectivity index (χ3n) is 2.89. The van der Waals surface area contributed by atoms with E-state index in [1.807, 2.05) is 6.92 Å². The molecular formula is C14H14BrNO3S. The van der Waals surface area contributed by atoms with E-state index in [2.05, 4.69) is 20.7 Å². The predicted molar refractivity (Wildman–Crippen MR) is 82.5 cm³/mol. The molecule has 0 aromatic heterocycles. The molecule has 106 valence electrons. The summed E-state index contributed by atoms with van der Waals surface area (Å²) in [6.45, 7) is 3.55. The Balaban J connectivity index is 2.47. The summed E-state index contributed by atoms with van der Waals surface area (Å²) < 4.78 is 28.1. The molecule has 2 aromatic carbocycles. The van der Waals surface area contributed by atoms with Gasteiger partial charge in [0, 0.05) is 4.47 Å². The monoisotopic (exact) mass is 355 g/mol. The first kappa shape index (κ1) is 14.9. The Morgan fingerprint density at radius 1 is 1.10 bits per heavy atom. The Kier molecular flexibility index (Phi) is 4.06. The molecule has 0 amide bonds. The molecule has 4 nitrogen and oxygen atoms in total. The molecule has 2 N–H and O–H groups in total. The lowest BCUT2D eigenvalue weighted by Crippen LogP contribution is -2.14. The maximum Gasteiger partial charge on any atom is 0.262 e. The van der Waals surface area contributed by atoms with Crippen LogP contribution in [-0.4, -0.2) is 13.5 Å². The van der Waals surface area contributed by atoms with E-state index in [-0.39, 0.29) is 16.3 Å². The van der Waals surface area contributed by atoms with Crippen molar-refractivity contribution < 1.29 is 13.5 Å². The predicted octanol–water partition coefficient (Wildman–Crippen LogP) is 3.57. The number of aromatic hydroxyl groups is 1. The molecule has 0 saturated carbocycles. The number of halogens is 1. The van der Waals surface area contributed by atoms with Crippen molar-refractivity contribution in [2.24, 2.45) is 0 Å². The second-order valence-electron chi connectivity index (χ2n) is 4.49. The van der Waals surface area contributed by atoms with Crippen LogP contribution in [0.1, 0.15) is 11.1 Å². The van der Waals surface area contributed by atoms with Crippen molar-refractivity contribution in [2.45, 2.75) is 18.7 Å². The molecule has 0 aliphatic heterocycles. The maximum atomic E-state index is 12.4. The van der Waals surface area contributed by atoms with Crippen molar-refractivity contribution in [1.82, 2.24) is 0 Å². The van der Waals surface area contributed by atoms with E-state index in [4.69, 9.17) is 0 Å². The highest BCUT2D eigenvalue weighted by Gasteiger charge is 2.19. The quantitative estimate of drug-likeness (QED) is 0.827. The first-order chi connectivity index (χ1) is 9.31. The van der Waals surface area contributed by atoms with Crippen molar-refractivity contribution >= 4 is 31.6 Å². The van der Waals surface area contributed by atoms with Crippen LogP contribution in [0.3, 0.4) is 0 Å². The normalized spacial score (nSPS) is 11.3. The Bertz CT molecular complexity index is 757. The third kappa shape index (κ3) is 2.96. The van der Waals surface area contributed by atoms with Crippen LogP contribution in [0, 0.1) is 13.8 Å². The minimum Gasteiger partial charge on any atom is -0.506 e. The van der Waals surface area contributed by atoms with Gasteiger partial charge < -0.3 is 5.11 Å². The summed E-state index contributed by atoms with van der Waals surface area (Å²) in [6.07, 6.45) is 0. The molecule has 2 rings (SSSR count). The highest BCUT2D eigenvalue weighted by molar-refractivity contribution is 9.10. The first-order valence-corrected chi connectivity index (χ1v) is 8.16. The van der Waals surface area contributed by atoms with Gasteiger partial charge in [-0.1, -0.05) is 28.1 Å². The summed E-state index contributed by atoms with van der Waals surface area (Å²) in [5.74, 6) is -0.109. The molecule has 6 heteroatoms. The van der Waals surface area contributed by atoms with Gasteiger partial charge in [-0.3, -0.25) is 4.72 Å². The molecule has 0 radical (unpaired) electrons. The fourth-order valence-electron chi connectivity index (χ4n) is 1.80. The van der Waals surface area contributed by atoms with Gasteiger partial charge in [-0.15, -0.1) is 0 Å². The van der Waals surface area contributed by atoms with Gasteiger partial charge in [-0.05, 0) is 49.2 Å². The Hall–Kier alpha value is -1.53. The number of phenolic OH excluding ortho intramolecular Hbond substituents is 1. The SMILES string of the molecule is Cc1cc(S(=O)(=O)Nc2ccccc2O)c(C)cc1Br. The molecule has 0 saturated heterocycles. The average Bonchev–Trinajstić information content (AvgIpc) is 2.36. The molecule has 0 heterocycles. The highest BCUT2D eigenvalue weighted by atomic mass is 79.9. The molecule has 0 fully saturated rings. The zero-order valence-electron chi connectivity index (χ0n) is 11.0. The van der Waals surface area contributed by atoms with Gasteiger partial charge >= 0.3 is 0 Å². The minimum atomic E-state index is -3.74. The van der Waals surface area contributed by atoms with Crippen LogP contribution in [0.25, 0.3) is 0 Å². The number of hydrogen-bond donors (Lipinski definition) is 2. The molecule has 0 atom stereocenters. The highest BCUT2D eigenvalue weighted by Crippen LogP contribution is 2.28. The van der Waals surface area contributed by atoms with E-state index in [0.717, 1.165) is 10.0 Å². The Morgan fingerprint density at radius 2 is 1.75 bits per heavy atom. The second-order valence-corrected chi connectivity index (χ2v) is 6.99. The van der Waals surface area contributed by atoms with Crippen LogP contribution in [0.2, 0.25) is 0 Å². The van der Waals surface area contributed by atoms with Crippen LogP contribution in [0.5, 0.6) is 5.75 Å². The van der Waals surface area contributed by atoms with E-state index < -0.39 is 10.0 Å². The smallest absolute Gasteiger partial charge is 0.262 e. The van der Waals surface area contributed by atoms with Crippen LogP contribution in [0.4, 0.5) is 5.69 Å². The molecule has 0 aliphatic carbocycles. The summed E-state index contributed by atoms with van der Waals surface area (Å²) in [7, 11) is -3.74. The second kappa shape index (κ2) is 5.46. The molecule has 0 bridgehead atoms. The number of rotatable bonds is 3. The van der Waals surface area contributed by atoms with Gasteiger partial charge in [0.05, 0.1) is 10.6 Å². The number of aryl methyl sites for hydroxylation is 2. The number of para-hydroxylation sites is 2. The van der Waals surface area contributed by atoms with E-state index >= 15 is 0 Å². The average molecular weight is 356 g/mol. The Labute approximate surface area is 126 Å². The van der Waals surface area contributed by atoms with Gasteiger partial charge in [0.1, 0.15) is 5.75 Å². The summed E-state index contributed by atoms with van der Waals surface area (Å²) in [6, 6.07) is 9.57. The van der Waals surface area contributed by atoms with Crippen LogP contribution in [-0.2, 0) is 10.0 Å². The fourth-order valence-corrected chi connectivity index (χ4v) is 3.65. The summed E-state index contributed by atoms with van der Waals surface area (Å²) in [4.78, 5) is 0.196. The van der Waals surface area contributed by atoms with Gasteiger partial charge in [0.15, 0.2) is 0 Å². The van der Waals surface area contributed by atoms with E-state index in [9.17, 15) is 13.5 Å². The lowest BCUT2D eigenvalue weighted by Gasteiger charge is -2.13. The number of nitrogens with one attached hydrogen (secondary N) is 1. The lowest BCUT2D eigenvalue weighted by atomic mass is 10.2. The molecule has 2 aromatic rings. The van der Waals surface area contributed by atoms with Crippen LogP contribution < -0.4 is 4.72 Å². The van der Waals surface area contributed by atoms with Crippen molar-refractivity contribution in [3.8, 4) is 5.75 Å². The first-order valence-electron chi connectivity index (χ1n) is 5.89. The number of hydrogen-bond acceptors (Lipinski definition) is 3. The third-order valence-corrected chi connectivity index (χ3v) is 5.26. The van der Waals surface area contributed by atoms with Crippen molar-refractivity contribution in [3.63, 3.8) is 0 Å². The fraction of sp³-hybridized carbons (Fsp3) is 0.143. The maximum absolute atomic E-state index is 12.4. The van der Waals surface area contributed by atoms with Crippen LogP contribution >= 0.6 is 15.9 Å². The topological polar surface area (TPSA) is 66.4 Å². The molecule has 20 heavy (non-hydrogen) atoms. The van der Waals surface area contributed by atoms with Gasteiger partial charge in [0.2, 0.25) is 0 Å². The van der Waals surface area contributed by atoms with Crippen LogP contribution in [0.15, 0.2) is 45.8 Å². The van der Waals surface area contributed by atoms with Crippen molar-refractivity contribution in [3.05, 3.63) is 52.0 Å². The molecule has 0 unspecified atom stereocenters. The van der Waals surface area contributed by atoms with E-state index in [0.29, 0.717) is 5.56 Å². The van der Waals surface area contributed by atoms with E-state index in [1.54, 1.807) is 31.2 Å². The summed E-state index contributed by atoms with van der Waals surface area (Å²) >= 11 is 3.37. The molecule has 0 aliphatic rings. The lowest BCUT2D eigenvalue weighted by molar-refractivity contribution is 0.477. The number of phenols is 1. The number of anilines is 1. The Morgan fingerprint density at radius 3 is 2.40 bits per heavy atom. The molecule has 0 spiro atoms. The zero-order valence-corrected chi connectivity index (χ0v) is 13.4. The minimum absolute atomic E-state index is 0.109. The van der Waals surface area contributed by atoms with Gasteiger partial charge in [-0.25, -0.2) is 8.42 Å². The summed E-state index contributed by atoms with van der Waals surface area (Å²) in [5.41, 5.74) is 1.62. The standard InChI is InChI=1S/C14H14BrNO3S/c1-9-8-14(10(2)7-11(9)15)20(18,19)16-12-5-3-4-6-13(12)17/h3-8,16-17H,1-2H3. The van der Waals surface area contributed by atoms with Gasteiger partial charge in [0.25, 0.3) is 10.0 Å². The van der Waals surface area contributed by atoms with Crippen molar-refractivity contribution in [1.29, 1.82) is 0 Å². The largest absolute Gasteiger partial charge is 0.506 e. The van der Waals surface area contributed by atoms with Gasteiger partial charge in [-0.2, -0.15) is 0 Å². The molecular weight excluding hydrogens is 342 g/mol.